The summed E-state index contributed by atoms with van der Waals surface area (Å²) in [5, 5.41) is 13.0. The summed E-state index contributed by atoms with van der Waals surface area (Å²) < 4.78 is 7.54. The largest absolute Gasteiger partial charge is 0.377 e. The summed E-state index contributed by atoms with van der Waals surface area (Å²) in [5.74, 6) is 0.939. The Morgan fingerprint density at radius 1 is 1.47 bits per heavy atom. The summed E-state index contributed by atoms with van der Waals surface area (Å²) in [5.41, 5.74) is 5.67. The number of hydrogen-bond donors (Lipinski definition) is 1. The topological polar surface area (TPSA) is 78.8 Å². The van der Waals surface area contributed by atoms with Crippen molar-refractivity contribution in [3.63, 3.8) is 0 Å². The van der Waals surface area contributed by atoms with E-state index in [2.05, 4.69) is 15.5 Å². The zero-order chi connectivity index (χ0) is 13.5. The molecule has 1 aliphatic carbocycles. The molecule has 108 valence electrons. The minimum absolute atomic E-state index is 0.147. The summed E-state index contributed by atoms with van der Waals surface area (Å²) in [4.78, 5) is 0. The van der Waals surface area contributed by atoms with Gasteiger partial charge in [-0.05, 0) is 36.6 Å². The molecular formula is C12H23N5OS. The summed E-state index contributed by atoms with van der Waals surface area (Å²) >= 11 is 1.70. The average Bonchev–Trinajstić information content (AvgIpc) is 3.08. The molecule has 1 heterocycles. The number of ether oxygens (including phenoxy) is 1. The van der Waals surface area contributed by atoms with E-state index in [0.717, 1.165) is 17.3 Å². The number of nitrogens with two attached hydrogens (primary N) is 1. The molecule has 7 heteroatoms. The van der Waals surface area contributed by atoms with Gasteiger partial charge in [-0.3, -0.25) is 0 Å². The van der Waals surface area contributed by atoms with Crippen molar-refractivity contribution in [3.05, 3.63) is 0 Å². The predicted octanol–water partition coefficient (Wildman–Crippen LogP) is 1.63. The monoisotopic (exact) mass is 285 g/mol. The van der Waals surface area contributed by atoms with Crippen LogP contribution in [-0.4, -0.2) is 45.2 Å². The second-order valence-electron chi connectivity index (χ2n) is 4.79. The van der Waals surface area contributed by atoms with E-state index >= 15 is 0 Å². The number of rotatable bonds is 8. The Balaban J connectivity index is 1.81. The third-order valence-electron chi connectivity index (χ3n) is 3.47. The number of hydrogen-bond acceptors (Lipinski definition) is 6. The van der Waals surface area contributed by atoms with E-state index in [-0.39, 0.29) is 6.10 Å². The third-order valence-corrected chi connectivity index (χ3v) is 4.44. The highest BCUT2D eigenvalue weighted by Gasteiger charge is 2.21. The molecule has 1 saturated carbocycles. The maximum Gasteiger partial charge on any atom is 0.209 e. The first-order chi connectivity index (χ1) is 9.35. The molecule has 1 unspecified atom stereocenters. The molecule has 19 heavy (non-hydrogen) atoms. The molecule has 1 fully saturated rings. The summed E-state index contributed by atoms with van der Waals surface area (Å²) in [7, 11) is 0. The van der Waals surface area contributed by atoms with Crippen molar-refractivity contribution in [1.82, 2.24) is 20.2 Å². The molecule has 1 aromatic heterocycles. The highest BCUT2D eigenvalue weighted by atomic mass is 32.2. The van der Waals surface area contributed by atoms with Gasteiger partial charge >= 0.3 is 0 Å². The van der Waals surface area contributed by atoms with Gasteiger partial charge in [0.25, 0.3) is 0 Å². The van der Waals surface area contributed by atoms with E-state index in [1.165, 1.54) is 25.7 Å². The summed E-state index contributed by atoms with van der Waals surface area (Å²) in [6.07, 6.45) is 6.05. The van der Waals surface area contributed by atoms with Crippen LogP contribution < -0.4 is 5.73 Å². The molecule has 0 amide bonds. The van der Waals surface area contributed by atoms with Crippen LogP contribution >= 0.6 is 11.8 Å². The molecule has 0 saturated heterocycles. The molecule has 2 rings (SSSR count). The van der Waals surface area contributed by atoms with Crippen molar-refractivity contribution in [2.75, 3.05) is 18.9 Å². The van der Waals surface area contributed by atoms with Crippen molar-refractivity contribution in [3.8, 4) is 0 Å². The van der Waals surface area contributed by atoms with Gasteiger partial charge in [0.05, 0.1) is 12.1 Å². The molecule has 1 aromatic rings. The van der Waals surface area contributed by atoms with Gasteiger partial charge in [0, 0.05) is 18.9 Å². The van der Waals surface area contributed by atoms with Crippen molar-refractivity contribution >= 4 is 11.8 Å². The zero-order valence-electron chi connectivity index (χ0n) is 11.5. The van der Waals surface area contributed by atoms with E-state index in [4.69, 9.17) is 10.5 Å². The second-order valence-corrected chi connectivity index (χ2v) is 5.86. The Labute approximate surface area is 118 Å². The van der Waals surface area contributed by atoms with Crippen LogP contribution in [-0.2, 0) is 4.74 Å². The SMILES string of the molecule is CCOC(CN)CCSc1nnnn1C1CCCC1. The lowest BCUT2D eigenvalue weighted by Gasteiger charge is -2.14. The van der Waals surface area contributed by atoms with Gasteiger partial charge in [-0.1, -0.05) is 24.6 Å². The van der Waals surface area contributed by atoms with E-state index in [9.17, 15) is 0 Å². The van der Waals surface area contributed by atoms with Gasteiger partial charge in [0.1, 0.15) is 0 Å². The van der Waals surface area contributed by atoms with Gasteiger partial charge in [-0.2, -0.15) is 0 Å². The normalized spacial score (nSPS) is 18.0. The average molecular weight is 285 g/mol. The molecule has 2 N–H and O–H groups in total. The maximum atomic E-state index is 5.67. The quantitative estimate of drug-likeness (QED) is 0.731. The van der Waals surface area contributed by atoms with Crippen LogP contribution in [0.15, 0.2) is 5.16 Å². The van der Waals surface area contributed by atoms with E-state index in [1.54, 1.807) is 11.8 Å². The Hall–Kier alpha value is -0.660. The van der Waals surface area contributed by atoms with Gasteiger partial charge in [0.2, 0.25) is 5.16 Å². The number of nitrogens with zero attached hydrogens (tertiary/aromatic N) is 4. The van der Waals surface area contributed by atoms with E-state index in [0.29, 0.717) is 19.2 Å². The molecule has 0 radical (unpaired) electrons. The van der Waals surface area contributed by atoms with Crippen molar-refractivity contribution in [2.45, 2.75) is 56.3 Å². The smallest absolute Gasteiger partial charge is 0.209 e. The third kappa shape index (κ3) is 4.15. The minimum Gasteiger partial charge on any atom is -0.377 e. The van der Waals surface area contributed by atoms with Crippen LogP contribution in [0, 0.1) is 0 Å². The Kier molecular flexibility index (Phi) is 6.06. The van der Waals surface area contributed by atoms with Crippen LogP contribution in [0.2, 0.25) is 0 Å². The lowest BCUT2D eigenvalue weighted by Crippen LogP contribution is -2.24. The minimum atomic E-state index is 0.147. The van der Waals surface area contributed by atoms with Crippen LogP contribution in [0.1, 0.15) is 45.1 Å². The highest BCUT2D eigenvalue weighted by Crippen LogP contribution is 2.31. The Bertz CT molecular complexity index is 367. The van der Waals surface area contributed by atoms with Crippen molar-refractivity contribution in [1.29, 1.82) is 0 Å². The lowest BCUT2D eigenvalue weighted by molar-refractivity contribution is 0.0674. The maximum absolute atomic E-state index is 5.67. The number of tetrazole rings is 1. The van der Waals surface area contributed by atoms with Crippen molar-refractivity contribution < 1.29 is 4.74 Å². The highest BCUT2D eigenvalue weighted by molar-refractivity contribution is 7.99. The van der Waals surface area contributed by atoms with Crippen LogP contribution in [0.4, 0.5) is 0 Å². The van der Waals surface area contributed by atoms with Gasteiger partial charge in [0.15, 0.2) is 0 Å². The summed E-state index contributed by atoms with van der Waals surface area (Å²) in [6.45, 7) is 3.28. The molecule has 1 aliphatic rings. The zero-order valence-corrected chi connectivity index (χ0v) is 12.3. The van der Waals surface area contributed by atoms with E-state index in [1.807, 2.05) is 11.6 Å². The van der Waals surface area contributed by atoms with Crippen LogP contribution in [0.5, 0.6) is 0 Å². The Morgan fingerprint density at radius 2 is 2.26 bits per heavy atom. The fourth-order valence-electron chi connectivity index (χ4n) is 2.45. The first kappa shape index (κ1) is 14.7. The van der Waals surface area contributed by atoms with Crippen LogP contribution in [0.3, 0.4) is 0 Å². The Morgan fingerprint density at radius 3 is 2.95 bits per heavy atom. The number of aromatic nitrogens is 4. The first-order valence-corrected chi connectivity index (χ1v) is 8.06. The molecule has 1 atom stereocenters. The molecule has 0 spiro atoms. The fourth-order valence-corrected chi connectivity index (χ4v) is 3.42. The lowest BCUT2D eigenvalue weighted by atomic mass is 10.3. The molecular weight excluding hydrogens is 262 g/mol. The second kappa shape index (κ2) is 7.81. The summed E-state index contributed by atoms with van der Waals surface area (Å²) in [6, 6.07) is 0.495. The van der Waals surface area contributed by atoms with Crippen molar-refractivity contribution in [2.24, 2.45) is 5.73 Å². The predicted molar refractivity (Wildman–Crippen MR) is 75.1 cm³/mol. The molecule has 6 nitrogen and oxygen atoms in total. The van der Waals surface area contributed by atoms with Gasteiger partial charge < -0.3 is 10.5 Å². The van der Waals surface area contributed by atoms with Gasteiger partial charge in [-0.15, -0.1) is 5.10 Å². The standard InChI is InChI=1S/C12H23N5OS/c1-2-18-11(9-13)7-8-19-12-14-15-16-17(12)10-5-3-4-6-10/h10-11H,2-9,13H2,1H3. The van der Waals surface area contributed by atoms with Crippen LogP contribution in [0.25, 0.3) is 0 Å². The molecule has 0 aromatic carbocycles. The number of thioether (sulfide) groups is 1. The molecule has 0 aliphatic heterocycles. The van der Waals surface area contributed by atoms with Gasteiger partial charge in [-0.25, -0.2) is 4.68 Å². The van der Waals surface area contributed by atoms with E-state index < -0.39 is 0 Å². The molecule has 0 bridgehead atoms. The first-order valence-electron chi connectivity index (χ1n) is 7.07. The fraction of sp³-hybridized carbons (Fsp3) is 0.917.